The van der Waals surface area contributed by atoms with Crippen molar-refractivity contribution >= 4 is 17.7 Å². The minimum Gasteiger partial charge on any atom is -0.465 e. The van der Waals surface area contributed by atoms with Gasteiger partial charge >= 0.3 is 5.97 Å². The summed E-state index contributed by atoms with van der Waals surface area (Å²) in [5.41, 5.74) is -0.438. The summed E-state index contributed by atoms with van der Waals surface area (Å²) in [6.07, 6.45) is 9.70. The SMILES string of the molecule is CCOC(=O)C1(NC)CCCC(SC2CCCC(C)C2)C1. The molecule has 4 unspecified atom stereocenters. The number of ether oxygens (including phenoxy) is 1. The maximum atomic E-state index is 12.3. The van der Waals surface area contributed by atoms with E-state index >= 15 is 0 Å². The molecule has 0 saturated heterocycles. The molecule has 4 heteroatoms. The first-order valence-corrected chi connectivity index (χ1v) is 9.55. The predicted molar refractivity (Wildman–Crippen MR) is 89.7 cm³/mol. The highest BCUT2D eigenvalue weighted by Crippen LogP contribution is 2.41. The number of rotatable bonds is 5. The molecule has 0 spiro atoms. The van der Waals surface area contributed by atoms with Crippen molar-refractivity contribution in [2.75, 3.05) is 13.7 Å². The lowest BCUT2D eigenvalue weighted by molar-refractivity contribution is -0.152. The molecule has 3 nitrogen and oxygen atoms in total. The van der Waals surface area contributed by atoms with Gasteiger partial charge in [-0.2, -0.15) is 11.8 Å². The van der Waals surface area contributed by atoms with Crippen LogP contribution in [0.15, 0.2) is 0 Å². The van der Waals surface area contributed by atoms with Crippen molar-refractivity contribution in [1.29, 1.82) is 0 Å². The van der Waals surface area contributed by atoms with Crippen LogP contribution in [0.1, 0.15) is 65.2 Å². The molecule has 122 valence electrons. The summed E-state index contributed by atoms with van der Waals surface area (Å²) in [7, 11) is 1.91. The quantitative estimate of drug-likeness (QED) is 0.784. The Morgan fingerprint density at radius 1 is 1.29 bits per heavy atom. The molecule has 0 aromatic heterocycles. The van der Waals surface area contributed by atoms with Crippen LogP contribution in [0, 0.1) is 5.92 Å². The van der Waals surface area contributed by atoms with Gasteiger partial charge in [0.15, 0.2) is 0 Å². The lowest BCUT2D eigenvalue weighted by Crippen LogP contribution is -2.55. The van der Waals surface area contributed by atoms with Gasteiger partial charge in [0, 0.05) is 10.5 Å². The van der Waals surface area contributed by atoms with Crippen LogP contribution < -0.4 is 5.32 Å². The number of esters is 1. The maximum absolute atomic E-state index is 12.3. The largest absolute Gasteiger partial charge is 0.465 e. The molecule has 21 heavy (non-hydrogen) atoms. The van der Waals surface area contributed by atoms with Crippen LogP contribution in [0.3, 0.4) is 0 Å². The van der Waals surface area contributed by atoms with E-state index in [1.54, 1.807) is 0 Å². The van der Waals surface area contributed by atoms with E-state index in [4.69, 9.17) is 4.74 Å². The zero-order valence-electron chi connectivity index (χ0n) is 13.8. The summed E-state index contributed by atoms with van der Waals surface area (Å²) in [6.45, 7) is 4.74. The van der Waals surface area contributed by atoms with Gasteiger partial charge in [-0.25, -0.2) is 0 Å². The first-order chi connectivity index (χ1) is 10.1. The summed E-state index contributed by atoms with van der Waals surface area (Å²) in [5.74, 6) is 0.828. The molecule has 0 bridgehead atoms. The average Bonchev–Trinajstić information content (AvgIpc) is 2.47. The minimum atomic E-state index is -0.438. The van der Waals surface area contributed by atoms with Crippen molar-refractivity contribution in [1.82, 2.24) is 5.32 Å². The number of thioether (sulfide) groups is 1. The van der Waals surface area contributed by atoms with Gasteiger partial charge in [-0.3, -0.25) is 4.79 Å². The van der Waals surface area contributed by atoms with Crippen molar-refractivity contribution in [3.63, 3.8) is 0 Å². The lowest BCUT2D eigenvalue weighted by Gasteiger charge is -2.40. The van der Waals surface area contributed by atoms with E-state index in [1.165, 1.54) is 32.1 Å². The summed E-state index contributed by atoms with van der Waals surface area (Å²) in [4.78, 5) is 12.3. The molecular weight excluding hydrogens is 282 g/mol. The minimum absolute atomic E-state index is 0.0465. The topological polar surface area (TPSA) is 38.3 Å². The summed E-state index contributed by atoms with van der Waals surface area (Å²) in [5, 5.41) is 4.69. The summed E-state index contributed by atoms with van der Waals surface area (Å²) >= 11 is 2.15. The number of likely N-dealkylation sites (N-methyl/N-ethyl adjacent to an activating group) is 1. The number of carbonyl (C=O) groups excluding carboxylic acids is 1. The molecule has 2 fully saturated rings. The molecule has 2 saturated carbocycles. The fraction of sp³-hybridized carbons (Fsp3) is 0.941. The van der Waals surface area contributed by atoms with E-state index in [2.05, 4.69) is 24.0 Å². The third-order valence-electron chi connectivity index (χ3n) is 5.12. The summed E-state index contributed by atoms with van der Waals surface area (Å²) < 4.78 is 5.32. The highest BCUT2D eigenvalue weighted by atomic mass is 32.2. The van der Waals surface area contributed by atoms with Crippen molar-refractivity contribution in [2.45, 2.75) is 81.3 Å². The van der Waals surface area contributed by atoms with Crippen molar-refractivity contribution in [3.8, 4) is 0 Å². The second-order valence-corrected chi connectivity index (χ2v) is 8.41. The lowest BCUT2D eigenvalue weighted by atomic mass is 9.81. The monoisotopic (exact) mass is 313 g/mol. The van der Waals surface area contributed by atoms with Crippen LogP contribution in [0.2, 0.25) is 0 Å². The third-order valence-corrected chi connectivity index (χ3v) is 6.72. The molecule has 0 aromatic rings. The summed E-state index contributed by atoms with van der Waals surface area (Å²) in [6, 6.07) is 0. The van der Waals surface area contributed by atoms with Crippen LogP contribution in [-0.4, -0.2) is 35.7 Å². The number of hydrogen-bond donors (Lipinski definition) is 1. The number of nitrogens with one attached hydrogen (secondary N) is 1. The molecule has 0 aromatic carbocycles. The van der Waals surface area contributed by atoms with Gasteiger partial charge in [0.05, 0.1) is 6.61 Å². The Hall–Kier alpha value is -0.220. The Labute approximate surface area is 134 Å². The average molecular weight is 314 g/mol. The van der Waals surface area contributed by atoms with E-state index in [1.807, 2.05) is 14.0 Å². The standard InChI is InChI=1S/C17H31NO2S/c1-4-20-16(19)17(18-3)10-6-9-15(12-17)21-14-8-5-7-13(2)11-14/h13-15,18H,4-12H2,1-3H3. The van der Waals surface area contributed by atoms with Crippen molar-refractivity contribution < 1.29 is 9.53 Å². The fourth-order valence-corrected chi connectivity index (χ4v) is 5.87. The number of hydrogen-bond acceptors (Lipinski definition) is 4. The molecule has 0 amide bonds. The Morgan fingerprint density at radius 3 is 2.71 bits per heavy atom. The van der Waals surface area contributed by atoms with Gasteiger partial charge in [0.25, 0.3) is 0 Å². The second-order valence-electron chi connectivity index (χ2n) is 6.80. The van der Waals surface area contributed by atoms with Gasteiger partial charge in [0.1, 0.15) is 5.54 Å². The molecule has 2 aliphatic rings. The predicted octanol–water partition coefficient (Wildman–Crippen LogP) is 3.76. The Bertz CT molecular complexity index is 350. The highest BCUT2D eigenvalue weighted by molar-refractivity contribution is 8.00. The van der Waals surface area contributed by atoms with Crippen molar-refractivity contribution in [2.24, 2.45) is 5.92 Å². The zero-order chi connectivity index (χ0) is 15.3. The Balaban J connectivity index is 1.94. The van der Waals surface area contributed by atoms with Crippen LogP contribution in [-0.2, 0) is 9.53 Å². The molecule has 0 aliphatic heterocycles. The van der Waals surface area contributed by atoms with Crippen molar-refractivity contribution in [3.05, 3.63) is 0 Å². The van der Waals surface area contributed by atoms with E-state index in [0.717, 1.165) is 30.4 Å². The molecule has 2 rings (SSSR count). The van der Waals surface area contributed by atoms with Gasteiger partial charge in [-0.05, 0) is 58.4 Å². The van der Waals surface area contributed by atoms with Crippen LogP contribution in [0.5, 0.6) is 0 Å². The van der Waals surface area contributed by atoms with E-state index in [0.29, 0.717) is 11.9 Å². The molecule has 1 N–H and O–H groups in total. The van der Waals surface area contributed by atoms with E-state index in [9.17, 15) is 4.79 Å². The normalized spacial score (nSPS) is 37.2. The van der Waals surface area contributed by atoms with Gasteiger partial charge < -0.3 is 10.1 Å². The first kappa shape index (κ1) is 17.1. The Kier molecular flexibility index (Phi) is 6.42. The molecule has 2 aliphatic carbocycles. The van der Waals surface area contributed by atoms with Gasteiger partial charge in [-0.1, -0.05) is 19.8 Å². The second kappa shape index (κ2) is 7.87. The molecule has 4 atom stereocenters. The third kappa shape index (κ3) is 4.38. The molecular formula is C17H31NO2S. The molecule has 0 radical (unpaired) electrons. The highest BCUT2D eigenvalue weighted by Gasteiger charge is 2.43. The smallest absolute Gasteiger partial charge is 0.326 e. The van der Waals surface area contributed by atoms with Crippen LogP contribution in [0.25, 0.3) is 0 Å². The van der Waals surface area contributed by atoms with Gasteiger partial charge in [0.2, 0.25) is 0 Å². The van der Waals surface area contributed by atoms with E-state index in [-0.39, 0.29) is 5.97 Å². The maximum Gasteiger partial charge on any atom is 0.326 e. The zero-order valence-corrected chi connectivity index (χ0v) is 14.6. The van der Waals surface area contributed by atoms with Gasteiger partial charge in [-0.15, -0.1) is 0 Å². The molecule has 0 heterocycles. The number of carbonyl (C=O) groups is 1. The Morgan fingerprint density at radius 2 is 2.05 bits per heavy atom. The van der Waals surface area contributed by atoms with E-state index < -0.39 is 5.54 Å². The van der Waals surface area contributed by atoms with Crippen LogP contribution >= 0.6 is 11.8 Å². The fourth-order valence-electron chi connectivity index (χ4n) is 3.90. The van der Waals surface area contributed by atoms with Crippen LogP contribution in [0.4, 0.5) is 0 Å². The first-order valence-electron chi connectivity index (χ1n) is 8.61.